The van der Waals surface area contributed by atoms with Gasteiger partial charge in [-0.15, -0.1) is 0 Å². The van der Waals surface area contributed by atoms with Crippen LogP contribution in [0, 0.1) is 0 Å². The van der Waals surface area contributed by atoms with E-state index in [1.165, 1.54) is 12.8 Å². The summed E-state index contributed by atoms with van der Waals surface area (Å²) in [6.07, 6.45) is 2.66. The average Bonchev–Trinajstić information content (AvgIpc) is 1.85. The second kappa shape index (κ2) is 9.75. The van der Waals surface area contributed by atoms with Crippen LogP contribution in [0.3, 0.4) is 0 Å². The molecule has 0 unspecified atom stereocenters. The summed E-state index contributed by atoms with van der Waals surface area (Å²) in [6, 6.07) is 0. The SMILES string of the molecule is O=[PH](O)O.[Li][CH](CC)CC. The van der Waals surface area contributed by atoms with Gasteiger partial charge in [0.2, 0.25) is 0 Å². The van der Waals surface area contributed by atoms with Crippen molar-refractivity contribution >= 4 is 26.0 Å². The molecule has 58 valence electrons. The van der Waals surface area contributed by atoms with E-state index in [0.717, 1.165) is 4.59 Å². The first kappa shape index (κ1) is 13.3. The van der Waals surface area contributed by atoms with Gasteiger partial charge in [-0.2, -0.15) is 0 Å². The van der Waals surface area contributed by atoms with Crippen LogP contribution in [0.1, 0.15) is 26.7 Å². The van der Waals surface area contributed by atoms with Crippen molar-refractivity contribution in [3.63, 3.8) is 0 Å². The molecule has 0 aromatic rings. The quantitative estimate of drug-likeness (QED) is 0.470. The van der Waals surface area contributed by atoms with E-state index < -0.39 is 8.25 Å². The molecule has 0 saturated heterocycles. The number of hydrogen-bond donors (Lipinski definition) is 2. The van der Waals surface area contributed by atoms with Crippen LogP contribution in [0.2, 0.25) is 4.59 Å². The van der Waals surface area contributed by atoms with E-state index in [0.29, 0.717) is 0 Å². The molecule has 0 radical (unpaired) electrons. The van der Waals surface area contributed by atoms with E-state index in [2.05, 4.69) is 31.6 Å². The van der Waals surface area contributed by atoms with E-state index in [1.807, 2.05) is 0 Å². The van der Waals surface area contributed by atoms with Crippen LogP contribution in [0.5, 0.6) is 0 Å². The van der Waals surface area contributed by atoms with Crippen molar-refractivity contribution < 1.29 is 14.4 Å². The molecular weight excluding hydrogens is 146 g/mol. The Morgan fingerprint density at radius 1 is 1.40 bits per heavy atom. The van der Waals surface area contributed by atoms with Crippen molar-refractivity contribution in [2.45, 2.75) is 31.3 Å². The van der Waals surface area contributed by atoms with E-state index in [1.54, 1.807) is 0 Å². The van der Waals surface area contributed by atoms with Crippen molar-refractivity contribution in [2.75, 3.05) is 0 Å². The molecule has 0 aliphatic heterocycles. The Morgan fingerprint density at radius 3 is 1.60 bits per heavy atom. The Kier molecular flexibility index (Phi) is 13.0. The Bertz CT molecular complexity index is 81.0. The molecule has 0 rings (SSSR count). The van der Waals surface area contributed by atoms with Crippen LogP contribution in [-0.4, -0.2) is 27.5 Å². The van der Waals surface area contributed by atoms with Gasteiger partial charge in [-0.3, -0.25) is 4.57 Å². The van der Waals surface area contributed by atoms with Gasteiger partial charge in [-0.05, 0) is 0 Å². The summed E-state index contributed by atoms with van der Waals surface area (Å²) in [5.74, 6) is 0. The second-order valence-electron chi connectivity index (χ2n) is 2.20. The fourth-order valence-electron chi connectivity index (χ4n) is 0.289. The molecule has 0 atom stereocenters. The van der Waals surface area contributed by atoms with Gasteiger partial charge in [-0.1, -0.05) is 0 Å². The molecule has 0 aromatic carbocycles. The van der Waals surface area contributed by atoms with E-state index in [9.17, 15) is 0 Å². The monoisotopic (exact) mass is 160 g/mol. The third kappa shape index (κ3) is 23.3. The predicted octanol–water partition coefficient (Wildman–Crippen LogP) is 1.12. The fraction of sp³-hybridized carbons (Fsp3) is 1.00. The topological polar surface area (TPSA) is 57.5 Å². The molecule has 0 heterocycles. The summed E-state index contributed by atoms with van der Waals surface area (Å²) in [5.41, 5.74) is 0. The fourth-order valence-corrected chi connectivity index (χ4v) is 0.289. The first-order valence-corrected chi connectivity index (χ1v) is 4.76. The van der Waals surface area contributed by atoms with Gasteiger partial charge in [0, 0.05) is 0 Å². The van der Waals surface area contributed by atoms with Gasteiger partial charge < -0.3 is 9.79 Å². The molecule has 0 aliphatic carbocycles. The molecule has 0 spiro atoms. The van der Waals surface area contributed by atoms with E-state index in [4.69, 9.17) is 14.4 Å². The van der Waals surface area contributed by atoms with Crippen LogP contribution < -0.4 is 0 Å². The first-order valence-electron chi connectivity index (χ1n) is 3.46. The molecule has 0 bridgehead atoms. The van der Waals surface area contributed by atoms with Gasteiger partial charge in [0.05, 0.1) is 0 Å². The maximum atomic E-state index is 8.74. The Balaban J connectivity index is 0. The Labute approximate surface area is 72.0 Å². The van der Waals surface area contributed by atoms with Crippen LogP contribution in [-0.2, 0) is 4.57 Å². The van der Waals surface area contributed by atoms with Crippen LogP contribution in [0.15, 0.2) is 0 Å². The minimum absolute atomic E-state index is 0.935. The first-order chi connectivity index (χ1) is 4.54. The molecule has 2 N–H and O–H groups in total. The molecule has 0 aliphatic rings. The molecule has 5 heteroatoms. The van der Waals surface area contributed by atoms with Gasteiger partial charge in [0.1, 0.15) is 0 Å². The summed E-state index contributed by atoms with van der Waals surface area (Å²) >= 11 is 2.28. The third-order valence-corrected chi connectivity index (χ3v) is 1.39. The van der Waals surface area contributed by atoms with Gasteiger partial charge in [-0.25, -0.2) is 0 Å². The van der Waals surface area contributed by atoms with Crippen molar-refractivity contribution in [2.24, 2.45) is 0 Å². The van der Waals surface area contributed by atoms with E-state index in [-0.39, 0.29) is 0 Å². The zero-order valence-corrected chi connectivity index (χ0v) is 7.79. The van der Waals surface area contributed by atoms with Crippen molar-refractivity contribution in [1.29, 1.82) is 0 Å². The maximum absolute atomic E-state index is 8.74. The summed E-state index contributed by atoms with van der Waals surface area (Å²) in [7, 11) is -3.13. The van der Waals surface area contributed by atoms with Crippen molar-refractivity contribution in [1.82, 2.24) is 0 Å². The Morgan fingerprint density at radius 2 is 1.60 bits per heavy atom. The summed E-state index contributed by atoms with van der Waals surface area (Å²) in [5, 5.41) is 0. The standard InChI is InChI=1S/C5H11.Li.H3O3P/c1-3-5-4-2;;1-4(2)3/h5H,3-4H2,1-2H3;;4H,(H2,1,2,3). The zero-order valence-electron chi connectivity index (χ0n) is 6.79. The summed E-state index contributed by atoms with van der Waals surface area (Å²) in [6.45, 7) is 4.46. The zero-order chi connectivity index (χ0) is 8.57. The molecule has 0 amide bonds. The van der Waals surface area contributed by atoms with Crippen LogP contribution >= 0.6 is 8.25 Å². The van der Waals surface area contributed by atoms with E-state index >= 15 is 0 Å². The van der Waals surface area contributed by atoms with Gasteiger partial charge in [0.15, 0.2) is 0 Å². The molecule has 3 nitrogen and oxygen atoms in total. The third-order valence-electron chi connectivity index (χ3n) is 1.39. The summed E-state index contributed by atoms with van der Waals surface area (Å²) in [4.78, 5) is 14.3. The van der Waals surface area contributed by atoms with Gasteiger partial charge in [0.25, 0.3) is 0 Å². The molecule has 10 heavy (non-hydrogen) atoms. The normalized spacial score (nSPS) is 9.60. The van der Waals surface area contributed by atoms with Crippen molar-refractivity contribution in [3.05, 3.63) is 0 Å². The number of hydrogen-bond acceptors (Lipinski definition) is 1. The van der Waals surface area contributed by atoms with Crippen molar-refractivity contribution in [3.8, 4) is 0 Å². The minimum atomic E-state index is -3.13. The van der Waals surface area contributed by atoms with Crippen LogP contribution in [0.4, 0.5) is 0 Å². The average molecular weight is 160 g/mol. The second-order valence-corrected chi connectivity index (χ2v) is 2.77. The number of rotatable bonds is 2. The van der Waals surface area contributed by atoms with Gasteiger partial charge >= 0.3 is 57.3 Å². The molecule has 0 saturated carbocycles. The summed E-state index contributed by atoms with van der Waals surface area (Å²) < 4.78 is 9.68. The van der Waals surface area contributed by atoms with Crippen LogP contribution in [0.25, 0.3) is 0 Å². The molecular formula is C5H14LiO3P. The Hall–Kier alpha value is 0.747. The molecule has 0 aromatic heterocycles. The predicted molar refractivity (Wildman–Crippen MR) is 43.5 cm³/mol. The molecule has 0 fully saturated rings.